The average Bonchev–Trinajstić information content (AvgIpc) is 3.37. The molecule has 0 saturated heterocycles. The number of pyridine rings is 1. The first-order chi connectivity index (χ1) is 14.7. The van der Waals surface area contributed by atoms with Gasteiger partial charge >= 0.3 is 5.69 Å². The van der Waals surface area contributed by atoms with Gasteiger partial charge in [-0.05, 0) is 31.1 Å². The van der Waals surface area contributed by atoms with Gasteiger partial charge in [-0.25, -0.2) is 9.78 Å². The van der Waals surface area contributed by atoms with E-state index in [1.165, 1.54) is 0 Å². The number of rotatable bonds is 6. The van der Waals surface area contributed by atoms with Crippen LogP contribution in [0.4, 0.5) is 5.82 Å². The average molecular weight is 404 g/mol. The van der Waals surface area contributed by atoms with Crippen molar-refractivity contribution in [2.24, 2.45) is 4.99 Å². The molecule has 4 aromatic rings. The van der Waals surface area contributed by atoms with Gasteiger partial charge in [-0.1, -0.05) is 6.07 Å². The van der Waals surface area contributed by atoms with E-state index in [1.54, 1.807) is 23.0 Å². The third-order valence-electron chi connectivity index (χ3n) is 4.79. The third-order valence-corrected chi connectivity index (χ3v) is 4.79. The first-order valence-corrected chi connectivity index (χ1v) is 9.75. The molecule has 4 N–H and O–H groups in total. The van der Waals surface area contributed by atoms with Crippen molar-refractivity contribution in [2.45, 2.75) is 25.3 Å². The predicted octanol–water partition coefficient (Wildman–Crippen LogP) is 0.112. The van der Waals surface area contributed by atoms with Gasteiger partial charge in [0.1, 0.15) is 11.5 Å². The lowest BCUT2D eigenvalue weighted by atomic mass is 10.3. The summed E-state index contributed by atoms with van der Waals surface area (Å²) < 4.78 is 1.68. The number of nitrogens with zero attached hydrogens (tertiary/aromatic N) is 5. The van der Waals surface area contributed by atoms with Crippen molar-refractivity contribution in [1.29, 1.82) is 0 Å². The molecule has 0 radical (unpaired) electrons. The van der Waals surface area contributed by atoms with Crippen LogP contribution in [-0.2, 0) is 6.42 Å². The number of imidazole rings is 1. The summed E-state index contributed by atoms with van der Waals surface area (Å²) in [7, 11) is 0. The Hall–Kier alpha value is -3.95. The van der Waals surface area contributed by atoms with Gasteiger partial charge in [-0.3, -0.25) is 15.0 Å². The van der Waals surface area contributed by atoms with Crippen LogP contribution in [0.25, 0.3) is 11.7 Å². The van der Waals surface area contributed by atoms with Crippen molar-refractivity contribution in [2.75, 3.05) is 11.9 Å². The molecular weight excluding hydrogens is 384 g/mol. The van der Waals surface area contributed by atoms with Gasteiger partial charge in [-0.2, -0.15) is 9.61 Å². The fraction of sp³-hybridized carbons (Fsp3) is 0.250. The number of anilines is 1. The van der Waals surface area contributed by atoms with Crippen LogP contribution in [0, 0.1) is 0 Å². The van der Waals surface area contributed by atoms with Crippen LogP contribution in [-0.4, -0.2) is 47.2 Å². The fourth-order valence-corrected chi connectivity index (χ4v) is 3.15. The maximum Gasteiger partial charge on any atom is 0.326 e. The number of aromatic nitrogens is 6. The van der Waals surface area contributed by atoms with Crippen LogP contribution >= 0.6 is 0 Å². The molecule has 30 heavy (non-hydrogen) atoms. The van der Waals surface area contributed by atoms with E-state index >= 15 is 0 Å². The van der Waals surface area contributed by atoms with E-state index in [2.05, 4.69) is 30.4 Å². The molecule has 4 heterocycles. The van der Waals surface area contributed by atoms with Crippen molar-refractivity contribution in [1.82, 2.24) is 29.5 Å². The third kappa shape index (κ3) is 3.79. The summed E-state index contributed by atoms with van der Waals surface area (Å²) in [5, 5.41) is 18.3. The maximum absolute atomic E-state index is 11.4. The number of H-pyrrole nitrogens is 2. The van der Waals surface area contributed by atoms with Crippen LogP contribution < -0.4 is 21.7 Å². The predicted molar refractivity (Wildman–Crippen MR) is 110 cm³/mol. The SMILES string of the molecule is O=c1[nH]c(O)c(/C=c2\cnn3c(=NC4CC4)cc(NCCc4ccccn4)nc23)[nH]1. The van der Waals surface area contributed by atoms with Gasteiger partial charge in [0.25, 0.3) is 0 Å². The first-order valence-electron chi connectivity index (χ1n) is 9.75. The maximum atomic E-state index is 11.4. The Morgan fingerprint density at radius 1 is 1.33 bits per heavy atom. The number of nitrogens with one attached hydrogen (secondary N) is 3. The van der Waals surface area contributed by atoms with Crippen LogP contribution in [0.2, 0.25) is 0 Å². The molecule has 0 spiro atoms. The number of aromatic hydroxyl groups is 1. The highest BCUT2D eigenvalue weighted by Gasteiger charge is 2.20. The molecule has 152 valence electrons. The van der Waals surface area contributed by atoms with Crippen LogP contribution in [0.15, 0.2) is 46.4 Å². The number of hydrogen-bond acceptors (Lipinski definition) is 7. The monoisotopic (exact) mass is 404 g/mol. The summed E-state index contributed by atoms with van der Waals surface area (Å²) in [5.74, 6) is 0.451. The molecule has 1 saturated carbocycles. The molecule has 0 aliphatic heterocycles. The van der Waals surface area contributed by atoms with E-state index in [9.17, 15) is 9.90 Å². The zero-order valence-corrected chi connectivity index (χ0v) is 16.0. The highest BCUT2D eigenvalue weighted by molar-refractivity contribution is 5.57. The zero-order valence-electron chi connectivity index (χ0n) is 16.0. The Bertz CT molecular complexity index is 1370. The van der Waals surface area contributed by atoms with Crippen molar-refractivity contribution in [3.8, 4) is 5.88 Å². The van der Waals surface area contributed by atoms with Crippen LogP contribution in [0.1, 0.15) is 24.2 Å². The molecule has 0 amide bonds. The van der Waals surface area contributed by atoms with Crippen molar-refractivity contribution >= 4 is 17.5 Å². The lowest BCUT2D eigenvalue weighted by molar-refractivity contribution is 0.454. The van der Waals surface area contributed by atoms with Crippen molar-refractivity contribution in [3.05, 3.63) is 69.2 Å². The molecule has 1 aliphatic rings. The lowest BCUT2D eigenvalue weighted by Gasteiger charge is -2.06. The van der Waals surface area contributed by atoms with Crippen molar-refractivity contribution < 1.29 is 5.11 Å². The molecule has 1 aliphatic carbocycles. The minimum Gasteiger partial charge on any atom is -0.493 e. The van der Waals surface area contributed by atoms with Crippen LogP contribution in [0.3, 0.4) is 0 Å². The minimum absolute atomic E-state index is 0.230. The molecule has 5 rings (SSSR count). The second-order valence-corrected chi connectivity index (χ2v) is 7.18. The Kier molecular flexibility index (Phi) is 4.51. The smallest absolute Gasteiger partial charge is 0.326 e. The fourth-order valence-electron chi connectivity index (χ4n) is 3.15. The van der Waals surface area contributed by atoms with Gasteiger partial charge in [0.05, 0.1) is 12.2 Å². The molecule has 1 fully saturated rings. The summed E-state index contributed by atoms with van der Waals surface area (Å²) >= 11 is 0. The molecule has 0 atom stereocenters. The second kappa shape index (κ2) is 7.47. The van der Waals surface area contributed by atoms with E-state index in [1.807, 2.05) is 24.3 Å². The quantitative estimate of drug-likeness (QED) is 0.360. The van der Waals surface area contributed by atoms with Gasteiger partial charge in [-0.15, -0.1) is 0 Å². The highest BCUT2D eigenvalue weighted by Crippen LogP contribution is 2.22. The Balaban J connectivity index is 1.53. The molecule has 4 aromatic heterocycles. The standard InChI is InChI=1S/C20H20N8O2/c29-19-15(25-20(30)27-19)9-12-11-23-28-17(24-14-4-5-14)10-16(26-18(12)28)22-8-6-13-3-1-2-7-21-13/h1-3,7,9-11,14,22,29H,4-6,8H2,(H2,25,27,30)/b12-9+,24-17?. The summed E-state index contributed by atoms with van der Waals surface area (Å²) in [6, 6.07) is 8.05. The topological polar surface area (TPSA) is 136 Å². The Labute approximate surface area is 170 Å². The van der Waals surface area contributed by atoms with E-state index in [4.69, 9.17) is 4.99 Å². The summed E-state index contributed by atoms with van der Waals surface area (Å²) in [6.45, 7) is 0.669. The minimum atomic E-state index is -0.482. The van der Waals surface area contributed by atoms with Gasteiger partial charge in [0, 0.05) is 36.1 Å². The number of fused-ring (bicyclic) bond motifs is 1. The normalized spacial score (nSPS) is 15.2. The molecule has 10 heteroatoms. The van der Waals surface area contributed by atoms with Gasteiger partial charge in [0.15, 0.2) is 11.1 Å². The molecular formula is C20H20N8O2. The van der Waals surface area contributed by atoms with Gasteiger partial charge in [0.2, 0.25) is 5.88 Å². The number of aromatic amines is 2. The van der Waals surface area contributed by atoms with E-state index in [-0.39, 0.29) is 11.6 Å². The summed E-state index contributed by atoms with van der Waals surface area (Å²) in [5.41, 5.74) is 2.09. The van der Waals surface area contributed by atoms with E-state index in [0.29, 0.717) is 34.8 Å². The Morgan fingerprint density at radius 2 is 2.23 bits per heavy atom. The molecule has 0 unspecified atom stereocenters. The lowest BCUT2D eigenvalue weighted by Crippen LogP contribution is -2.21. The second-order valence-electron chi connectivity index (χ2n) is 7.18. The van der Waals surface area contributed by atoms with Crippen LogP contribution in [0.5, 0.6) is 5.88 Å². The zero-order chi connectivity index (χ0) is 20.5. The van der Waals surface area contributed by atoms with E-state index < -0.39 is 5.69 Å². The summed E-state index contributed by atoms with van der Waals surface area (Å²) in [6.07, 6.45) is 7.95. The van der Waals surface area contributed by atoms with Crippen molar-refractivity contribution in [3.63, 3.8) is 0 Å². The number of hydrogen-bond donors (Lipinski definition) is 4. The first kappa shape index (κ1) is 18.1. The van der Waals surface area contributed by atoms with Gasteiger partial charge < -0.3 is 15.4 Å². The van der Waals surface area contributed by atoms with E-state index in [0.717, 1.165) is 25.0 Å². The summed E-state index contributed by atoms with van der Waals surface area (Å²) in [4.78, 5) is 30.0. The largest absolute Gasteiger partial charge is 0.493 e. The molecule has 10 nitrogen and oxygen atoms in total. The Morgan fingerprint density at radius 3 is 2.97 bits per heavy atom. The molecule has 0 aromatic carbocycles. The highest BCUT2D eigenvalue weighted by atomic mass is 16.3. The molecule has 0 bridgehead atoms.